The van der Waals surface area contributed by atoms with Crippen molar-refractivity contribution in [2.45, 2.75) is 18.2 Å². The number of nitrogens with one attached hydrogen (secondary N) is 2. The topological polar surface area (TPSA) is 62.2 Å². The Morgan fingerprint density at radius 3 is 2.69 bits per heavy atom. The zero-order chi connectivity index (χ0) is 17.8. The average molecular weight is 402 g/mol. The highest BCUT2D eigenvalue weighted by Crippen LogP contribution is 2.31. The third-order valence-corrected chi connectivity index (χ3v) is 6.35. The van der Waals surface area contributed by atoms with Crippen LogP contribution in [0.25, 0.3) is 22.0 Å². The van der Waals surface area contributed by atoms with E-state index in [1.54, 1.807) is 22.7 Å². The minimum atomic E-state index is 0.807. The molecule has 1 aliphatic heterocycles. The first kappa shape index (κ1) is 17.5. The van der Waals surface area contributed by atoms with E-state index in [1.807, 2.05) is 17.1 Å². The molecular weight excluding hydrogens is 382 g/mol. The van der Waals surface area contributed by atoms with Crippen molar-refractivity contribution >= 4 is 45.5 Å². The van der Waals surface area contributed by atoms with Crippen LogP contribution in [0.2, 0.25) is 0 Å². The number of aromatic nitrogens is 2. The van der Waals surface area contributed by atoms with Crippen LogP contribution in [0.15, 0.2) is 44.9 Å². The van der Waals surface area contributed by atoms with Crippen molar-refractivity contribution in [3.05, 3.63) is 35.0 Å². The summed E-state index contributed by atoms with van der Waals surface area (Å²) in [6.45, 7) is 3.98. The summed E-state index contributed by atoms with van der Waals surface area (Å²) in [5.74, 6) is 1.89. The van der Waals surface area contributed by atoms with Crippen molar-refractivity contribution in [2.24, 2.45) is 4.99 Å². The molecule has 5 nitrogen and oxygen atoms in total. The Bertz CT molecular complexity index is 898. The Kier molecular flexibility index (Phi) is 5.52. The lowest BCUT2D eigenvalue weighted by molar-refractivity contribution is 0.740. The lowest BCUT2D eigenvalue weighted by Crippen LogP contribution is -2.35. The molecule has 0 radical (unpaired) electrons. The molecule has 0 fully saturated rings. The van der Waals surface area contributed by atoms with E-state index in [9.17, 15) is 0 Å². The molecule has 26 heavy (non-hydrogen) atoms. The lowest BCUT2D eigenvalue weighted by atomic mass is 10.2. The maximum Gasteiger partial charge on any atom is 0.197 e. The fraction of sp³-hybridized carbons (Fsp3) is 0.278. The highest BCUT2D eigenvalue weighted by Gasteiger charge is 2.12. The maximum atomic E-state index is 4.77. The summed E-state index contributed by atoms with van der Waals surface area (Å²) in [6, 6.07) is 8.60. The summed E-state index contributed by atoms with van der Waals surface area (Å²) in [6.07, 6.45) is 1.08. The van der Waals surface area contributed by atoms with E-state index in [4.69, 9.17) is 4.98 Å². The van der Waals surface area contributed by atoms with Crippen LogP contribution in [0.3, 0.4) is 0 Å². The normalized spacial score (nSPS) is 14.0. The van der Waals surface area contributed by atoms with Gasteiger partial charge in [-0.2, -0.15) is 0 Å². The molecule has 0 atom stereocenters. The SMILES string of the molecule is CCSc1ccc(-c2nc(-c3csc(NC4=NCCCN4)n3)cs2)cc1. The van der Waals surface area contributed by atoms with Gasteiger partial charge >= 0.3 is 0 Å². The van der Waals surface area contributed by atoms with Gasteiger partial charge in [-0.05, 0) is 24.3 Å². The zero-order valence-corrected chi connectivity index (χ0v) is 16.8. The van der Waals surface area contributed by atoms with E-state index in [0.29, 0.717) is 0 Å². The number of thioether (sulfide) groups is 1. The summed E-state index contributed by atoms with van der Waals surface area (Å²) >= 11 is 5.07. The number of hydrogen-bond donors (Lipinski definition) is 2. The molecule has 3 heterocycles. The van der Waals surface area contributed by atoms with Gasteiger partial charge in [0, 0.05) is 34.3 Å². The Morgan fingerprint density at radius 2 is 1.92 bits per heavy atom. The lowest BCUT2D eigenvalue weighted by Gasteiger charge is -2.13. The number of aliphatic imine (C=N–C) groups is 1. The van der Waals surface area contributed by atoms with E-state index in [2.05, 4.69) is 57.2 Å². The number of thiazole rings is 2. The van der Waals surface area contributed by atoms with Crippen LogP contribution in [0.5, 0.6) is 0 Å². The number of hydrogen-bond acceptors (Lipinski definition) is 8. The highest BCUT2D eigenvalue weighted by molar-refractivity contribution is 7.99. The second-order valence-corrected chi connectivity index (χ2v) is 8.72. The van der Waals surface area contributed by atoms with Gasteiger partial charge < -0.3 is 10.6 Å². The molecule has 2 N–H and O–H groups in total. The van der Waals surface area contributed by atoms with Gasteiger partial charge in [-0.25, -0.2) is 9.97 Å². The molecule has 8 heteroatoms. The molecule has 0 bridgehead atoms. The molecule has 1 aliphatic rings. The van der Waals surface area contributed by atoms with Gasteiger partial charge in [0.1, 0.15) is 16.4 Å². The molecule has 0 saturated carbocycles. The van der Waals surface area contributed by atoms with Crippen LogP contribution in [-0.2, 0) is 0 Å². The molecule has 0 unspecified atom stereocenters. The van der Waals surface area contributed by atoms with E-state index in [0.717, 1.165) is 58.3 Å². The molecule has 0 aliphatic carbocycles. The van der Waals surface area contributed by atoms with Crippen molar-refractivity contribution in [3.8, 4) is 22.0 Å². The zero-order valence-electron chi connectivity index (χ0n) is 14.4. The summed E-state index contributed by atoms with van der Waals surface area (Å²) in [7, 11) is 0. The average Bonchev–Trinajstić information content (AvgIpc) is 3.33. The molecule has 3 aromatic rings. The number of rotatable bonds is 5. The minimum Gasteiger partial charge on any atom is -0.356 e. The molecule has 4 rings (SSSR count). The standard InChI is InChI=1S/C18H19N5S3/c1-2-24-13-6-4-12(5-7-13)16-21-14(10-25-16)15-11-26-18(22-15)23-17-19-8-3-9-20-17/h4-7,10-11H,2-3,8-9H2,1H3,(H2,19,20,22,23). The Labute approximate surface area is 165 Å². The van der Waals surface area contributed by atoms with Crippen molar-refractivity contribution in [2.75, 3.05) is 24.2 Å². The van der Waals surface area contributed by atoms with Crippen LogP contribution < -0.4 is 10.6 Å². The summed E-state index contributed by atoms with van der Waals surface area (Å²) in [4.78, 5) is 15.1. The van der Waals surface area contributed by atoms with E-state index >= 15 is 0 Å². The summed E-state index contributed by atoms with van der Waals surface area (Å²) < 4.78 is 0. The van der Waals surface area contributed by atoms with Gasteiger partial charge in [0.25, 0.3) is 0 Å². The second kappa shape index (κ2) is 8.20. The summed E-state index contributed by atoms with van der Waals surface area (Å²) in [5, 5.41) is 12.5. The fourth-order valence-electron chi connectivity index (χ4n) is 2.55. The predicted molar refractivity (Wildman–Crippen MR) is 114 cm³/mol. The van der Waals surface area contributed by atoms with Gasteiger partial charge in [-0.3, -0.25) is 4.99 Å². The third kappa shape index (κ3) is 4.08. The first-order valence-corrected chi connectivity index (χ1v) is 11.3. The molecule has 0 spiro atoms. The smallest absolute Gasteiger partial charge is 0.197 e. The van der Waals surface area contributed by atoms with Crippen molar-refractivity contribution in [1.29, 1.82) is 0 Å². The molecular formula is C18H19N5S3. The van der Waals surface area contributed by atoms with Gasteiger partial charge in [0.2, 0.25) is 0 Å². The van der Waals surface area contributed by atoms with Gasteiger partial charge in [0.05, 0.1) is 0 Å². The molecule has 0 saturated heterocycles. The second-order valence-electron chi connectivity index (χ2n) is 5.67. The molecule has 1 aromatic carbocycles. The first-order chi connectivity index (χ1) is 12.8. The van der Waals surface area contributed by atoms with E-state index in [-0.39, 0.29) is 0 Å². The van der Waals surface area contributed by atoms with E-state index < -0.39 is 0 Å². The van der Waals surface area contributed by atoms with E-state index in [1.165, 1.54) is 4.90 Å². The molecule has 2 aromatic heterocycles. The van der Waals surface area contributed by atoms with Crippen molar-refractivity contribution in [1.82, 2.24) is 15.3 Å². The highest BCUT2D eigenvalue weighted by atomic mass is 32.2. The minimum absolute atomic E-state index is 0.807. The predicted octanol–water partition coefficient (Wildman–Crippen LogP) is 4.81. The third-order valence-electron chi connectivity index (χ3n) is 3.81. The van der Waals surface area contributed by atoms with Crippen LogP contribution >= 0.6 is 34.4 Å². The molecule has 0 amide bonds. The van der Waals surface area contributed by atoms with Crippen LogP contribution in [0, 0.1) is 0 Å². The Balaban J connectivity index is 1.48. The number of nitrogens with zero attached hydrogens (tertiary/aromatic N) is 3. The first-order valence-electron chi connectivity index (χ1n) is 8.52. The van der Waals surface area contributed by atoms with Crippen LogP contribution in [-0.4, -0.2) is 34.8 Å². The Hall–Kier alpha value is -1.90. The summed E-state index contributed by atoms with van der Waals surface area (Å²) in [5.41, 5.74) is 2.96. The van der Waals surface area contributed by atoms with Gasteiger partial charge in [-0.15, -0.1) is 34.4 Å². The van der Waals surface area contributed by atoms with Crippen LogP contribution in [0.4, 0.5) is 5.13 Å². The van der Waals surface area contributed by atoms with Crippen LogP contribution in [0.1, 0.15) is 13.3 Å². The number of anilines is 1. The Morgan fingerprint density at radius 1 is 1.12 bits per heavy atom. The van der Waals surface area contributed by atoms with Crippen molar-refractivity contribution in [3.63, 3.8) is 0 Å². The number of guanidine groups is 1. The maximum absolute atomic E-state index is 4.77. The molecule has 134 valence electrons. The number of benzene rings is 1. The fourth-order valence-corrected chi connectivity index (χ4v) is 4.74. The quantitative estimate of drug-likeness (QED) is 0.601. The largest absolute Gasteiger partial charge is 0.356 e. The van der Waals surface area contributed by atoms with Gasteiger partial charge in [0.15, 0.2) is 11.1 Å². The monoisotopic (exact) mass is 401 g/mol. The van der Waals surface area contributed by atoms with Gasteiger partial charge in [-0.1, -0.05) is 19.1 Å². The van der Waals surface area contributed by atoms with Crippen molar-refractivity contribution < 1.29 is 0 Å².